The van der Waals surface area contributed by atoms with E-state index in [1.165, 1.54) is 50.5 Å². The molecule has 134 valence electrons. The van der Waals surface area contributed by atoms with Gasteiger partial charge >= 0.3 is 5.97 Å². The highest BCUT2D eigenvalue weighted by Crippen LogP contribution is 2.66. The summed E-state index contributed by atoms with van der Waals surface area (Å²) < 4.78 is 5.64. The van der Waals surface area contributed by atoms with Crippen LogP contribution in [-0.4, -0.2) is 5.97 Å². The van der Waals surface area contributed by atoms with Gasteiger partial charge in [0.1, 0.15) is 5.76 Å². The highest BCUT2D eigenvalue weighted by Gasteiger charge is 2.58. The summed E-state index contributed by atoms with van der Waals surface area (Å²) in [5, 5.41) is 0. The van der Waals surface area contributed by atoms with Crippen LogP contribution in [0.5, 0.6) is 0 Å². The van der Waals surface area contributed by atoms with Crippen LogP contribution >= 0.6 is 0 Å². The van der Waals surface area contributed by atoms with Crippen LogP contribution in [0, 0.1) is 34.5 Å². The van der Waals surface area contributed by atoms with Gasteiger partial charge < -0.3 is 4.74 Å². The van der Waals surface area contributed by atoms with Gasteiger partial charge in [-0.2, -0.15) is 0 Å². The van der Waals surface area contributed by atoms with Crippen molar-refractivity contribution in [2.75, 3.05) is 0 Å². The first kappa shape index (κ1) is 16.7. The second-order valence-electron chi connectivity index (χ2n) is 9.92. The summed E-state index contributed by atoms with van der Waals surface area (Å²) in [6.07, 6.45) is 12.2. The van der Waals surface area contributed by atoms with E-state index in [0.717, 1.165) is 42.3 Å². The van der Waals surface area contributed by atoms with Gasteiger partial charge in [-0.25, -0.2) is 0 Å². The zero-order valence-corrected chi connectivity index (χ0v) is 16.0. The Labute approximate surface area is 147 Å². The first-order valence-corrected chi connectivity index (χ1v) is 10.2. The van der Waals surface area contributed by atoms with Crippen LogP contribution in [0.1, 0.15) is 85.5 Å². The Morgan fingerprint density at radius 1 is 1.08 bits per heavy atom. The Morgan fingerprint density at radius 3 is 2.62 bits per heavy atom. The minimum absolute atomic E-state index is 0.147. The molecule has 0 radical (unpaired) electrons. The van der Waals surface area contributed by atoms with Crippen LogP contribution in [0.3, 0.4) is 0 Å². The van der Waals surface area contributed by atoms with Crippen molar-refractivity contribution in [3.8, 4) is 0 Å². The molecular formula is C22H34O2. The predicted molar refractivity (Wildman–Crippen MR) is 96.2 cm³/mol. The summed E-state index contributed by atoms with van der Waals surface area (Å²) in [5.74, 6) is 4.37. The molecule has 0 N–H and O–H groups in total. The lowest BCUT2D eigenvalue weighted by Crippen LogP contribution is -2.52. The molecule has 2 heteroatoms. The Kier molecular flexibility index (Phi) is 3.89. The molecule has 0 aromatic carbocycles. The molecule has 24 heavy (non-hydrogen) atoms. The maximum atomic E-state index is 11.5. The number of ether oxygens (including phenoxy) is 1. The Balaban J connectivity index is 1.63. The second-order valence-corrected chi connectivity index (χ2v) is 9.92. The highest BCUT2D eigenvalue weighted by molar-refractivity contribution is 5.67. The molecule has 4 rings (SSSR count). The molecule has 0 amide bonds. The molecular weight excluding hydrogens is 296 g/mol. The van der Waals surface area contributed by atoms with Crippen LogP contribution in [0.15, 0.2) is 11.3 Å². The first-order valence-electron chi connectivity index (χ1n) is 10.2. The quantitative estimate of drug-likeness (QED) is 0.562. The molecule has 2 nitrogen and oxygen atoms in total. The van der Waals surface area contributed by atoms with Crippen molar-refractivity contribution in [2.45, 2.75) is 85.5 Å². The van der Waals surface area contributed by atoms with Gasteiger partial charge in [0.05, 0.1) is 0 Å². The van der Waals surface area contributed by atoms with Crippen LogP contribution < -0.4 is 0 Å². The Hall–Kier alpha value is -0.790. The molecule has 0 bridgehead atoms. The summed E-state index contributed by atoms with van der Waals surface area (Å²) in [4.78, 5) is 11.5. The van der Waals surface area contributed by atoms with E-state index in [4.69, 9.17) is 4.74 Å². The molecule has 4 aliphatic carbocycles. The zero-order chi connectivity index (χ0) is 17.1. The summed E-state index contributed by atoms with van der Waals surface area (Å²) in [6.45, 7) is 8.83. The van der Waals surface area contributed by atoms with Gasteiger partial charge in [-0.05, 0) is 91.9 Å². The number of esters is 1. The summed E-state index contributed by atoms with van der Waals surface area (Å²) in [7, 11) is 0. The number of rotatable bonds is 1. The van der Waals surface area contributed by atoms with Crippen molar-refractivity contribution < 1.29 is 9.53 Å². The molecule has 3 saturated carbocycles. The van der Waals surface area contributed by atoms with Gasteiger partial charge in [0.25, 0.3) is 0 Å². The third-order valence-electron chi connectivity index (χ3n) is 8.68. The SMILES string of the molecule is CC(=O)OC1=C(C)CC2CC[C@@H]3[C@@H](CC[C@]4(C)CCC[C@@H]34)[C@@]2(C)C1. The average molecular weight is 331 g/mol. The van der Waals surface area contributed by atoms with Crippen LogP contribution in [0.25, 0.3) is 0 Å². The van der Waals surface area contributed by atoms with Gasteiger partial charge in [0.2, 0.25) is 0 Å². The Bertz CT molecular complexity index is 577. The van der Waals surface area contributed by atoms with Crippen LogP contribution in [0.2, 0.25) is 0 Å². The minimum Gasteiger partial charge on any atom is -0.431 e. The van der Waals surface area contributed by atoms with Crippen molar-refractivity contribution in [3.05, 3.63) is 11.3 Å². The van der Waals surface area contributed by atoms with E-state index in [-0.39, 0.29) is 5.97 Å². The summed E-state index contributed by atoms with van der Waals surface area (Å²) >= 11 is 0. The summed E-state index contributed by atoms with van der Waals surface area (Å²) in [5.41, 5.74) is 2.30. The number of hydrogen-bond donors (Lipinski definition) is 0. The van der Waals surface area contributed by atoms with E-state index in [2.05, 4.69) is 20.8 Å². The standard InChI is InChI=1S/C22H34O2/c1-14-12-16-7-8-17-18-6-5-10-21(18,3)11-9-19(17)22(16,4)13-20(14)24-15(2)23/h16-19H,5-13H2,1-4H3/t16?,17-,18-,19+,21-,22-/m0/s1. The van der Waals surface area contributed by atoms with Crippen molar-refractivity contribution in [1.82, 2.24) is 0 Å². The molecule has 3 fully saturated rings. The van der Waals surface area contributed by atoms with Gasteiger partial charge in [0, 0.05) is 13.3 Å². The highest BCUT2D eigenvalue weighted by atomic mass is 16.5. The molecule has 4 aliphatic rings. The number of hydrogen-bond acceptors (Lipinski definition) is 2. The largest absolute Gasteiger partial charge is 0.431 e. The van der Waals surface area contributed by atoms with E-state index in [1.807, 2.05) is 0 Å². The van der Waals surface area contributed by atoms with E-state index in [0.29, 0.717) is 10.8 Å². The number of allylic oxidation sites excluding steroid dienone is 2. The number of fused-ring (bicyclic) bond motifs is 5. The van der Waals surface area contributed by atoms with Crippen LogP contribution in [0.4, 0.5) is 0 Å². The maximum Gasteiger partial charge on any atom is 0.307 e. The second kappa shape index (κ2) is 5.61. The van der Waals surface area contributed by atoms with Gasteiger partial charge in [0.15, 0.2) is 0 Å². The molecule has 6 atom stereocenters. The molecule has 0 heterocycles. The summed E-state index contributed by atoms with van der Waals surface area (Å²) in [6, 6.07) is 0. The van der Waals surface area contributed by atoms with Crippen molar-refractivity contribution in [3.63, 3.8) is 0 Å². The van der Waals surface area contributed by atoms with Crippen molar-refractivity contribution in [1.29, 1.82) is 0 Å². The normalized spacial score (nSPS) is 47.7. The lowest BCUT2D eigenvalue weighted by molar-refractivity contribution is -0.140. The van der Waals surface area contributed by atoms with Crippen LogP contribution in [-0.2, 0) is 9.53 Å². The predicted octanol–water partition coefficient (Wildman–Crippen LogP) is 5.87. The molecule has 0 spiro atoms. The third-order valence-corrected chi connectivity index (χ3v) is 8.68. The van der Waals surface area contributed by atoms with Gasteiger partial charge in [-0.1, -0.05) is 20.3 Å². The van der Waals surface area contributed by atoms with E-state index in [1.54, 1.807) is 6.92 Å². The minimum atomic E-state index is -0.147. The lowest BCUT2D eigenvalue weighted by atomic mass is 9.45. The zero-order valence-electron chi connectivity index (χ0n) is 16.0. The smallest absolute Gasteiger partial charge is 0.307 e. The van der Waals surface area contributed by atoms with Gasteiger partial charge in [-0.3, -0.25) is 4.79 Å². The topological polar surface area (TPSA) is 26.3 Å². The van der Waals surface area contributed by atoms with Gasteiger partial charge in [-0.15, -0.1) is 0 Å². The van der Waals surface area contributed by atoms with Crippen molar-refractivity contribution >= 4 is 5.97 Å². The monoisotopic (exact) mass is 330 g/mol. The van der Waals surface area contributed by atoms with E-state index < -0.39 is 0 Å². The maximum absolute atomic E-state index is 11.5. The fourth-order valence-electron chi connectivity index (χ4n) is 7.42. The molecule has 0 saturated heterocycles. The molecule has 1 unspecified atom stereocenters. The number of carbonyl (C=O) groups excluding carboxylic acids is 1. The fraction of sp³-hybridized carbons (Fsp3) is 0.864. The third kappa shape index (κ3) is 2.39. The first-order chi connectivity index (χ1) is 11.3. The fourth-order valence-corrected chi connectivity index (χ4v) is 7.42. The molecule has 0 aromatic heterocycles. The van der Waals surface area contributed by atoms with E-state index >= 15 is 0 Å². The Morgan fingerprint density at radius 2 is 1.88 bits per heavy atom. The number of carbonyl (C=O) groups is 1. The average Bonchev–Trinajstić information content (AvgIpc) is 2.90. The molecule has 0 aromatic rings. The van der Waals surface area contributed by atoms with Crippen molar-refractivity contribution in [2.24, 2.45) is 34.5 Å². The van der Waals surface area contributed by atoms with E-state index in [9.17, 15) is 4.79 Å². The molecule has 0 aliphatic heterocycles. The lowest BCUT2D eigenvalue weighted by Gasteiger charge is -2.59.